The summed E-state index contributed by atoms with van der Waals surface area (Å²) in [6.45, 7) is -0.588. The lowest BCUT2D eigenvalue weighted by Crippen LogP contribution is -2.43. The predicted molar refractivity (Wildman–Crippen MR) is 121 cm³/mol. The molecule has 1 aliphatic rings. The van der Waals surface area contributed by atoms with E-state index in [0.717, 1.165) is 22.3 Å². The van der Waals surface area contributed by atoms with Crippen LogP contribution in [0.3, 0.4) is 0 Å². The minimum absolute atomic E-state index is 0.0771. The maximum atomic E-state index is 12.4. The van der Waals surface area contributed by atoms with Gasteiger partial charge in [-0.25, -0.2) is 9.59 Å². The number of anilines is 1. The number of benzene rings is 3. The molecule has 0 spiro atoms. The number of carboxylic acid groups (broad SMARTS) is 1. The van der Waals surface area contributed by atoms with Crippen molar-refractivity contribution in [1.29, 1.82) is 0 Å². The molecule has 8 heteroatoms. The molecule has 0 unspecified atom stereocenters. The van der Waals surface area contributed by atoms with Gasteiger partial charge in [0.1, 0.15) is 6.61 Å². The summed E-state index contributed by atoms with van der Waals surface area (Å²) < 4.78 is 5.50. The summed E-state index contributed by atoms with van der Waals surface area (Å²) in [5, 5.41) is 22.8. The number of fused-ring (bicyclic) bond motifs is 3. The van der Waals surface area contributed by atoms with Crippen molar-refractivity contribution < 1.29 is 29.3 Å². The molecule has 0 radical (unpaired) electrons. The Morgan fingerprint density at radius 3 is 2.15 bits per heavy atom. The number of amides is 2. The van der Waals surface area contributed by atoms with E-state index >= 15 is 0 Å². The van der Waals surface area contributed by atoms with E-state index in [0.29, 0.717) is 5.69 Å². The van der Waals surface area contributed by atoms with Crippen LogP contribution in [0, 0.1) is 0 Å². The first-order chi connectivity index (χ1) is 16.0. The van der Waals surface area contributed by atoms with Crippen molar-refractivity contribution in [3.63, 3.8) is 0 Å². The van der Waals surface area contributed by atoms with Crippen LogP contribution < -0.4 is 10.6 Å². The molecule has 0 saturated carbocycles. The minimum Gasteiger partial charge on any atom is -0.480 e. The first-order valence-electron chi connectivity index (χ1n) is 10.3. The first kappa shape index (κ1) is 22.0. The topological polar surface area (TPSA) is 125 Å². The van der Waals surface area contributed by atoms with Gasteiger partial charge in [-0.15, -0.1) is 0 Å². The third kappa shape index (κ3) is 4.70. The molecule has 2 amide bonds. The van der Waals surface area contributed by atoms with Crippen molar-refractivity contribution in [1.82, 2.24) is 5.32 Å². The Bertz CT molecular complexity index is 1160. The van der Waals surface area contributed by atoms with E-state index < -0.39 is 30.6 Å². The summed E-state index contributed by atoms with van der Waals surface area (Å²) in [4.78, 5) is 35.7. The zero-order valence-corrected chi connectivity index (χ0v) is 17.5. The Hall–Kier alpha value is -4.17. The van der Waals surface area contributed by atoms with Gasteiger partial charge in [0.25, 0.3) is 5.91 Å². The van der Waals surface area contributed by atoms with Gasteiger partial charge in [-0.2, -0.15) is 0 Å². The van der Waals surface area contributed by atoms with Crippen LogP contribution in [0.25, 0.3) is 11.1 Å². The number of carbonyl (C=O) groups is 3. The largest absolute Gasteiger partial charge is 0.480 e. The quantitative estimate of drug-likeness (QED) is 0.442. The van der Waals surface area contributed by atoms with Crippen molar-refractivity contribution in [2.24, 2.45) is 0 Å². The van der Waals surface area contributed by atoms with Crippen molar-refractivity contribution >= 4 is 23.7 Å². The number of aliphatic hydroxyl groups is 1. The van der Waals surface area contributed by atoms with Gasteiger partial charge in [-0.05, 0) is 40.5 Å². The minimum atomic E-state index is -1.42. The summed E-state index contributed by atoms with van der Waals surface area (Å²) in [5.74, 6) is -2.11. The fourth-order valence-electron chi connectivity index (χ4n) is 3.92. The summed E-state index contributed by atoms with van der Waals surface area (Å²) in [6, 6.07) is 20.6. The van der Waals surface area contributed by atoms with Gasteiger partial charge in [-0.3, -0.25) is 10.1 Å². The Labute approximate surface area is 189 Å². The zero-order chi connectivity index (χ0) is 23.4. The lowest BCUT2D eigenvalue weighted by molar-refractivity contribution is -0.140. The Morgan fingerprint density at radius 2 is 1.55 bits per heavy atom. The predicted octanol–water partition coefficient (Wildman–Crippen LogP) is 3.22. The number of carboxylic acids is 1. The van der Waals surface area contributed by atoms with Crippen molar-refractivity contribution in [3.8, 4) is 11.1 Å². The number of carbonyl (C=O) groups excluding carboxylic acids is 2. The molecular weight excluding hydrogens is 424 g/mol. The highest BCUT2D eigenvalue weighted by atomic mass is 16.5. The first-order valence-corrected chi connectivity index (χ1v) is 10.3. The second-order valence-corrected chi connectivity index (χ2v) is 7.58. The number of ether oxygens (including phenoxy) is 1. The molecule has 0 aliphatic heterocycles. The lowest BCUT2D eigenvalue weighted by Gasteiger charge is -2.15. The van der Waals surface area contributed by atoms with E-state index in [1.165, 1.54) is 12.1 Å². The Kier molecular flexibility index (Phi) is 6.37. The molecule has 168 valence electrons. The summed E-state index contributed by atoms with van der Waals surface area (Å²) in [6.07, 6.45) is -0.673. The highest BCUT2D eigenvalue weighted by Gasteiger charge is 2.29. The highest BCUT2D eigenvalue weighted by Crippen LogP contribution is 2.44. The molecule has 3 aromatic rings. The van der Waals surface area contributed by atoms with Gasteiger partial charge in [0.05, 0.1) is 6.61 Å². The van der Waals surface area contributed by atoms with Gasteiger partial charge >= 0.3 is 12.1 Å². The molecule has 0 aromatic heterocycles. The highest BCUT2D eigenvalue weighted by molar-refractivity contribution is 5.98. The summed E-state index contributed by atoms with van der Waals surface area (Å²) >= 11 is 0. The summed E-state index contributed by atoms with van der Waals surface area (Å²) in [5.41, 5.74) is 4.90. The second-order valence-electron chi connectivity index (χ2n) is 7.58. The normalized spacial score (nSPS) is 12.9. The van der Waals surface area contributed by atoms with Crippen molar-refractivity contribution in [2.75, 3.05) is 18.5 Å². The second kappa shape index (κ2) is 9.54. The zero-order valence-electron chi connectivity index (χ0n) is 17.5. The molecule has 33 heavy (non-hydrogen) atoms. The van der Waals surface area contributed by atoms with Crippen LogP contribution >= 0.6 is 0 Å². The van der Waals surface area contributed by atoms with Gasteiger partial charge in [0.2, 0.25) is 0 Å². The van der Waals surface area contributed by atoms with Gasteiger partial charge in [0.15, 0.2) is 6.04 Å². The van der Waals surface area contributed by atoms with Gasteiger partial charge in [-0.1, -0.05) is 54.6 Å². The Morgan fingerprint density at radius 1 is 0.909 bits per heavy atom. The SMILES string of the molecule is O=C(Nc1cccc(C(=O)N[C@@H](CO)C(=O)O)c1)OCC1c2ccccc2-c2ccccc21. The van der Waals surface area contributed by atoms with E-state index in [4.69, 9.17) is 14.9 Å². The van der Waals surface area contributed by atoms with Crippen LogP contribution in [0.1, 0.15) is 27.4 Å². The van der Waals surface area contributed by atoms with E-state index in [1.54, 1.807) is 12.1 Å². The van der Waals surface area contributed by atoms with Crippen LogP contribution in [0.15, 0.2) is 72.8 Å². The fraction of sp³-hybridized carbons (Fsp3) is 0.160. The number of aliphatic carboxylic acids is 1. The molecule has 8 nitrogen and oxygen atoms in total. The molecule has 0 saturated heterocycles. The van der Waals surface area contributed by atoms with Crippen LogP contribution in [0.5, 0.6) is 0 Å². The lowest BCUT2D eigenvalue weighted by atomic mass is 9.98. The van der Waals surface area contributed by atoms with Crippen LogP contribution in [0.2, 0.25) is 0 Å². The molecule has 1 atom stereocenters. The van der Waals surface area contributed by atoms with Crippen LogP contribution in [-0.4, -0.2) is 47.4 Å². The maximum Gasteiger partial charge on any atom is 0.411 e. The maximum absolute atomic E-state index is 12.4. The molecule has 4 rings (SSSR count). The van der Waals surface area contributed by atoms with Crippen LogP contribution in [0.4, 0.5) is 10.5 Å². The average Bonchev–Trinajstić information content (AvgIpc) is 3.14. The number of nitrogens with one attached hydrogen (secondary N) is 2. The average molecular weight is 446 g/mol. The third-order valence-electron chi connectivity index (χ3n) is 5.50. The molecular formula is C25H22N2O6. The van der Waals surface area contributed by atoms with Crippen molar-refractivity contribution in [2.45, 2.75) is 12.0 Å². The van der Waals surface area contributed by atoms with E-state index in [9.17, 15) is 14.4 Å². The number of rotatable bonds is 7. The molecule has 3 aromatic carbocycles. The fourth-order valence-corrected chi connectivity index (χ4v) is 3.92. The smallest absolute Gasteiger partial charge is 0.411 e. The van der Waals surface area contributed by atoms with Gasteiger partial charge < -0.3 is 20.3 Å². The molecule has 0 heterocycles. The van der Waals surface area contributed by atoms with Crippen LogP contribution in [-0.2, 0) is 9.53 Å². The number of hydrogen-bond donors (Lipinski definition) is 4. The molecule has 4 N–H and O–H groups in total. The molecule has 1 aliphatic carbocycles. The van der Waals surface area contributed by atoms with E-state index in [1.807, 2.05) is 36.4 Å². The molecule has 0 bridgehead atoms. The number of aliphatic hydroxyl groups excluding tert-OH is 1. The van der Waals surface area contributed by atoms with Crippen molar-refractivity contribution in [3.05, 3.63) is 89.5 Å². The summed E-state index contributed by atoms with van der Waals surface area (Å²) in [7, 11) is 0. The van der Waals surface area contributed by atoms with E-state index in [2.05, 4.69) is 22.8 Å². The van der Waals surface area contributed by atoms with Gasteiger partial charge in [0, 0.05) is 17.2 Å². The molecule has 0 fully saturated rings. The third-order valence-corrected chi connectivity index (χ3v) is 5.50. The standard InChI is InChI=1S/C25H22N2O6/c28-13-22(24(30)31)27-23(29)15-6-5-7-16(12-15)26-25(32)33-14-21-19-10-3-1-8-17(19)18-9-2-4-11-20(18)21/h1-12,21-22,28H,13-14H2,(H,26,32)(H,27,29)(H,30,31)/t22-/m0/s1. The number of hydrogen-bond acceptors (Lipinski definition) is 5. The van der Waals surface area contributed by atoms with E-state index in [-0.39, 0.29) is 18.1 Å². The Balaban J connectivity index is 1.41. The monoisotopic (exact) mass is 446 g/mol.